The van der Waals surface area contributed by atoms with Crippen LogP contribution in [0.15, 0.2) is 47.5 Å². The fourth-order valence-corrected chi connectivity index (χ4v) is 3.00. The van der Waals surface area contributed by atoms with Gasteiger partial charge in [0.25, 0.3) is 10.0 Å². The van der Waals surface area contributed by atoms with E-state index in [0.29, 0.717) is 11.0 Å². The molecule has 0 radical (unpaired) electrons. The highest BCUT2D eigenvalue weighted by Crippen LogP contribution is 2.21. The third-order valence-corrected chi connectivity index (χ3v) is 4.47. The summed E-state index contributed by atoms with van der Waals surface area (Å²) in [6.07, 6.45) is 1.53. The van der Waals surface area contributed by atoms with Crippen molar-refractivity contribution >= 4 is 37.5 Å². The Morgan fingerprint density at radius 2 is 1.95 bits per heavy atom. The van der Waals surface area contributed by atoms with Gasteiger partial charge in [-0.2, -0.15) is 0 Å². The summed E-state index contributed by atoms with van der Waals surface area (Å²) >= 11 is 3.25. The summed E-state index contributed by atoms with van der Waals surface area (Å²) in [6, 6.07) is 10.1. The van der Waals surface area contributed by atoms with Gasteiger partial charge in [0, 0.05) is 17.2 Å². The van der Waals surface area contributed by atoms with Gasteiger partial charge in [-0.05, 0) is 23.8 Å². The zero-order valence-electron chi connectivity index (χ0n) is 9.88. The van der Waals surface area contributed by atoms with E-state index < -0.39 is 10.0 Å². The minimum atomic E-state index is -3.73. The summed E-state index contributed by atoms with van der Waals surface area (Å²) in [5.41, 5.74) is 6.85. The van der Waals surface area contributed by atoms with E-state index in [2.05, 4.69) is 25.6 Å². The van der Waals surface area contributed by atoms with E-state index in [1.165, 1.54) is 12.3 Å². The molecule has 0 bridgehead atoms. The Morgan fingerprint density at radius 1 is 1.26 bits per heavy atom. The number of hydrogen-bond acceptors (Lipinski definition) is 4. The SMILES string of the molecule is Nc1ncc(CBr)cc1S(=O)(=O)Nc1ccccc1. The number of rotatable bonds is 4. The molecule has 0 aliphatic heterocycles. The Morgan fingerprint density at radius 3 is 2.58 bits per heavy atom. The lowest BCUT2D eigenvalue weighted by molar-refractivity contribution is 0.601. The number of aromatic nitrogens is 1. The predicted octanol–water partition coefficient (Wildman–Crippen LogP) is 2.36. The quantitative estimate of drug-likeness (QED) is 0.836. The monoisotopic (exact) mass is 341 g/mol. The number of halogens is 1. The molecule has 5 nitrogen and oxygen atoms in total. The smallest absolute Gasteiger partial charge is 0.265 e. The second-order valence-electron chi connectivity index (χ2n) is 3.83. The molecule has 7 heteroatoms. The first kappa shape index (κ1) is 13.8. The molecular formula is C12H12BrN3O2S. The first-order chi connectivity index (χ1) is 9.03. The molecule has 0 aliphatic carbocycles. The average Bonchev–Trinajstić information content (AvgIpc) is 2.39. The van der Waals surface area contributed by atoms with Crippen molar-refractivity contribution < 1.29 is 8.42 Å². The fraction of sp³-hybridized carbons (Fsp3) is 0.0833. The largest absolute Gasteiger partial charge is 0.383 e. The van der Waals surface area contributed by atoms with Crippen molar-refractivity contribution in [1.29, 1.82) is 0 Å². The third kappa shape index (κ3) is 3.24. The molecule has 100 valence electrons. The van der Waals surface area contributed by atoms with Gasteiger partial charge < -0.3 is 5.73 Å². The van der Waals surface area contributed by atoms with E-state index in [9.17, 15) is 8.42 Å². The van der Waals surface area contributed by atoms with Crippen LogP contribution in [0.3, 0.4) is 0 Å². The Labute approximate surface area is 120 Å². The third-order valence-electron chi connectivity index (χ3n) is 2.41. The summed E-state index contributed by atoms with van der Waals surface area (Å²) in [6.45, 7) is 0. The normalized spacial score (nSPS) is 11.2. The molecule has 1 heterocycles. The first-order valence-corrected chi connectivity index (χ1v) is 8.01. The summed E-state index contributed by atoms with van der Waals surface area (Å²) in [4.78, 5) is 3.87. The first-order valence-electron chi connectivity index (χ1n) is 5.41. The second kappa shape index (κ2) is 5.58. The molecule has 0 unspecified atom stereocenters. The number of nitrogens with one attached hydrogen (secondary N) is 1. The van der Waals surface area contributed by atoms with E-state index in [1.54, 1.807) is 30.3 Å². The molecule has 1 aromatic heterocycles. The maximum absolute atomic E-state index is 12.2. The van der Waals surface area contributed by atoms with Crippen molar-refractivity contribution in [2.45, 2.75) is 10.2 Å². The highest BCUT2D eigenvalue weighted by atomic mass is 79.9. The molecule has 3 N–H and O–H groups in total. The number of pyridine rings is 1. The molecule has 19 heavy (non-hydrogen) atoms. The number of nitrogens with two attached hydrogens (primary N) is 1. The van der Waals surface area contributed by atoms with Crippen LogP contribution >= 0.6 is 15.9 Å². The lowest BCUT2D eigenvalue weighted by Crippen LogP contribution is -2.15. The molecular weight excluding hydrogens is 330 g/mol. The summed E-state index contributed by atoms with van der Waals surface area (Å²) in [5.74, 6) is -0.0202. The number of nitrogens with zero attached hydrogens (tertiary/aromatic N) is 1. The van der Waals surface area contributed by atoms with E-state index in [1.807, 2.05) is 0 Å². The average molecular weight is 342 g/mol. The number of alkyl halides is 1. The molecule has 2 rings (SSSR count). The van der Waals surface area contributed by atoms with Crippen LogP contribution in [0.5, 0.6) is 0 Å². The molecule has 2 aromatic rings. The van der Waals surface area contributed by atoms with Crippen LogP contribution in [-0.4, -0.2) is 13.4 Å². The predicted molar refractivity (Wildman–Crippen MR) is 78.5 cm³/mol. The van der Waals surface area contributed by atoms with Crippen LogP contribution in [0, 0.1) is 0 Å². The minimum absolute atomic E-state index is 0.0201. The van der Waals surface area contributed by atoms with Crippen molar-refractivity contribution in [1.82, 2.24) is 4.98 Å². The van der Waals surface area contributed by atoms with Crippen LogP contribution in [0.1, 0.15) is 5.56 Å². The van der Waals surface area contributed by atoms with Crippen LogP contribution in [0.25, 0.3) is 0 Å². The maximum atomic E-state index is 12.2. The Bertz CT molecular complexity index is 675. The Balaban J connectivity index is 2.39. The van der Waals surface area contributed by atoms with Gasteiger partial charge in [0.2, 0.25) is 0 Å². The van der Waals surface area contributed by atoms with Crippen molar-refractivity contribution in [3.63, 3.8) is 0 Å². The summed E-state index contributed by atoms with van der Waals surface area (Å²) < 4.78 is 27.0. The number of nitrogen functional groups attached to an aromatic ring is 1. The number of para-hydroxylation sites is 1. The topological polar surface area (TPSA) is 85.1 Å². The van der Waals surface area contributed by atoms with Crippen molar-refractivity contribution in [2.24, 2.45) is 0 Å². The van der Waals surface area contributed by atoms with Gasteiger partial charge in [-0.25, -0.2) is 13.4 Å². The van der Waals surface area contributed by atoms with Crippen LogP contribution in [0.2, 0.25) is 0 Å². The van der Waals surface area contributed by atoms with E-state index in [4.69, 9.17) is 5.73 Å². The molecule has 0 spiro atoms. The Hall–Kier alpha value is -1.60. The van der Waals surface area contributed by atoms with E-state index in [-0.39, 0.29) is 10.7 Å². The molecule has 0 saturated carbocycles. The van der Waals surface area contributed by atoms with Crippen LogP contribution in [0.4, 0.5) is 11.5 Å². The van der Waals surface area contributed by atoms with E-state index in [0.717, 1.165) is 5.56 Å². The van der Waals surface area contributed by atoms with Crippen molar-refractivity contribution in [3.05, 3.63) is 48.2 Å². The number of anilines is 2. The van der Waals surface area contributed by atoms with Crippen LogP contribution < -0.4 is 10.5 Å². The molecule has 1 aromatic carbocycles. The summed E-state index contributed by atoms with van der Waals surface area (Å²) in [7, 11) is -3.73. The molecule has 0 saturated heterocycles. The van der Waals surface area contributed by atoms with Gasteiger partial charge in [0.1, 0.15) is 10.7 Å². The van der Waals surface area contributed by atoms with Crippen molar-refractivity contribution in [2.75, 3.05) is 10.5 Å². The molecule has 0 fully saturated rings. The van der Waals surface area contributed by atoms with Gasteiger partial charge in [-0.1, -0.05) is 34.1 Å². The fourth-order valence-electron chi connectivity index (χ4n) is 1.50. The zero-order chi connectivity index (χ0) is 13.9. The Kier molecular flexibility index (Phi) is 4.06. The second-order valence-corrected chi connectivity index (χ2v) is 6.04. The standard InChI is InChI=1S/C12H12BrN3O2S/c13-7-9-6-11(12(14)15-8-9)19(17,18)16-10-4-2-1-3-5-10/h1-6,8,16H,7H2,(H2,14,15). The van der Waals surface area contributed by atoms with Gasteiger partial charge in [0.15, 0.2) is 0 Å². The van der Waals surface area contributed by atoms with Gasteiger partial charge in [-0.15, -0.1) is 0 Å². The number of hydrogen-bond donors (Lipinski definition) is 2. The van der Waals surface area contributed by atoms with E-state index >= 15 is 0 Å². The van der Waals surface area contributed by atoms with Crippen molar-refractivity contribution in [3.8, 4) is 0 Å². The minimum Gasteiger partial charge on any atom is -0.383 e. The number of sulfonamides is 1. The van der Waals surface area contributed by atoms with Gasteiger partial charge in [-0.3, -0.25) is 4.72 Å². The molecule has 0 aliphatic rings. The molecule has 0 amide bonds. The lowest BCUT2D eigenvalue weighted by atomic mass is 10.3. The number of benzene rings is 1. The van der Waals surface area contributed by atoms with Gasteiger partial charge in [0.05, 0.1) is 0 Å². The zero-order valence-corrected chi connectivity index (χ0v) is 12.3. The highest BCUT2D eigenvalue weighted by Gasteiger charge is 2.19. The lowest BCUT2D eigenvalue weighted by Gasteiger charge is -2.10. The molecule has 0 atom stereocenters. The van der Waals surface area contributed by atoms with Gasteiger partial charge >= 0.3 is 0 Å². The summed E-state index contributed by atoms with van der Waals surface area (Å²) in [5, 5.41) is 0.508. The maximum Gasteiger partial charge on any atom is 0.265 e. The highest BCUT2D eigenvalue weighted by molar-refractivity contribution is 9.08. The van der Waals surface area contributed by atoms with Crippen LogP contribution in [-0.2, 0) is 15.4 Å².